The molecule has 2 aromatic rings. The van der Waals surface area contributed by atoms with E-state index in [9.17, 15) is 28.8 Å². The number of primary amides is 1. The van der Waals surface area contributed by atoms with E-state index in [1.165, 1.54) is 7.11 Å². The zero-order valence-electron chi connectivity index (χ0n) is 38.2. The van der Waals surface area contributed by atoms with Crippen LogP contribution in [0.3, 0.4) is 0 Å². The summed E-state index contributed by atoms with van der Waals surface area (Å²) in [5.41, 5.74) is 7.54. The molecule has 5 amide bonds. The number of hydrogen-bond acceptors (Lipinski definition) is 10. The number of benzene rings is 1. The number of methoxy groups -OCH3 is 2. The van der Waals surface area contributed by atoms with Crippen LogP contribution in [0.2, 0.25) is 0 Å². The highest BCUT2D eigenvalue weighted by Crippen LogP contribution is 2.31. The summed E-state index contributed by atoms with van der Waals surface area (Å²) < 4.78 is 12.1. The Labute approximate surface area is 362 Å². The van der Waals surface area contributed by atoms with Gasteiger partial charge in [-0.25, -0.2) is 0 Å². The number of carboxylic acid groups (broad SMARTS) is 1. The lowest BCUT2D eigenvalue weighted by Crippen LogP contribution is -2.60. The first-order chi connectivity index (χ1) is 28.8. The van der Waals surface area contributed by atoms with Gasteiger partial charge in [-0.05, 0) is 69.3 Å². The van der Waals surface area contributed by atoms with Crippen molar-refractivity contribution in [3.63, 3.8) is 0 Å². The van der Waals surface area contributed by atoms with Crippen LogP contribution in [0.1, 0.15) is 92.6 Å². The predicted molar refractivity (Wildman–Crippen MR) is 234 cm³/mol. The molecule has 342 valence electrons. The Hall–Kier alpha value is -4.38. The van der Waals surface area contributed by atoms with Crippen LogP contribution in [0, 0.1) is 23.7 Å². The number of likely N-dealkylation sites (N-methyl/N-ethyl adjacent to an activating group) is 2. The lowest BCUT2D eigenvalue weighted by atomic mass is 9.87. The van der Waals surface area contributed by atoms with E-state index >= 15 is 0 Å². The Balaban J connectivity index is 1.78. The molecule has 1 fully saturated rings. The number of ether oxygens (including phenoxy) is 2. The molecule has 0 spiro atoms. The first-order valence-electron chi connectivity index (χ1n) is 21.8. The molecule has 1 aliphatic heterocycles. The van der Waals surface area contributed by atoms with Crippen molar-refractivity contribution in [2.75, 3.05) is 41.4 Å². The van der Waals surface area contributed by atoms with Gasteiger partial charge in [0, 0.05) is 56.7 Å². The minimum atomic E-state index is -0.965. The molecule has 0 aliphatic carbocycles. The van der Waals surface area contributed by atoms with Crippen molar-refractivity contribution in [1.29, 1.82) is 0 Å². The van der Waals surface area contributed by atoms with Crippen molar-refractivity contribution in [3.8, 4) is 0 Å². The second kappa shape index (κ2) is 23.7. The molecule has 1 saturated heterocycles. The molecule has 9 atom stereocenters. The van der Waals surface area contributed by atoms with Crippen LogP contribution in [0.4, 0.5) is 0 Å². The molecule has 16 heteroatoms. The summed E-state index contributed by atoms with van der Waals surface area (Å²) in [6, 6.07) is 4.48. The second-order valence-corrected chi connectivity index (χ2v) is 17.5. The van der Waals surface area contributed by atoms with Gasteiger partial charge in [-0.1, -0.05) is 73.1 Å². The highest BCUT2D eigenvalue weighted by atomic mass is 16.5. The summed E-state index contributed by atoms with van der Waals surface area (Å²) in [5.74, 6) is -4.21. The van der Waals surface area contributed by atoms with E-state index in [2.05, 4.69) is 22.5 Å². The Kier molecular flexibility index (Phi) is 19.8. The van der Waals surface area contributed by atoms with E-state index in [4.69, 9.17) is 20.3 Å². The number of aromatic amines is 1. The van der Waals surface area contributed by atoms with Crippen molar-refractivity contribution >= 4 is 46.4 Å². The summed E-state index contributed by atoms with van der Waals surface area (Å²) >= 11 is 0. The standard InChI is InChI=1S/C45H73N7O9/c1-12-28(6)40(51(9)39(27(4)5)45(59)49-44(58)38(26(2)3)50(8)21-16-20-37(54)55)35(60-10)24-36(53)52-22-15-19-34(52)41(61-11)29(7)43(57)48-33(42(46)56)23-30-25-47-32-18-14-13-17-31(30)32/h13-14,17-18,25-29,33-35,38-41,47H,12,15-16,19-24H2,1-11H3,(H2,46,56)(H,48,57)(H,54,55)(H,49,58,59)/t28-,29+,33-,34-,35+,38-,39-,40-,41?/m0/s1. The zero-order valence-corrected chi connectivity index (χ0v) is 38.2. The number of nitrogens with zero attached hydrogens (tertiary/aromatic N) is 3. The summed E-state index contributed by atoms with van der Waals surface area (Å²) in [6.07, 6.45) is 3.08. The quantitative estimate of drug-likeness (QED) is 0.0974. The van der Waals surface area contributed by atoms with Crippen molar-refractivity contribution in [3.05, 3.63) is 36.0 Å². The number of aromatic nitrogens is 1. The lowest BCUT2D eigenvalue weighted by Gasteiger charge is -2.43. The Morgan fingerprint density at radius 3 is 2.16 bits per heavy atom. The van der Waals surface area contributed by atoms with Crippen molar-refractivity contribution in [2.45, 2.75) is 136 Å². The molecule has 1 aliphatic rings. The molecule has 16 nitrogen and oxygen atoms in total. The number of carbonyl (C=O) groups excluding carboxylic acids is 5. The number of para-hydroxylation sites is 1. The van der Waals surface area contributed by atoms with E-state index in [1.54, 1.807) is 30.9 Å². The third kappa shape index (κ3) is 13.3. The van der Waals surface area contributed by atoms with Gasteiger partial charge in [0.2, 0.25) is 29.5 Å². The third-order valence-electron chi connectivity index (χ3n) is 12.6. The number of amides is 5. The summed E-state index contributed by atoms with van der Waals surface area (Å²) in [4.78, 5) is 88.3. The second-order valence-electron chi connectivity index (χ2n) is 17.5. The van der Waals surface area contributed by atoms with Crippen LogP contribution in [-0.2, 0) is 44.7 Å². The molecule has 1 aromatic heterocycles. The van der Waals surface area contributed by atoms with Crippen LogP contribution < -0.4 is 16.4 Å². The van der Waals surface area contributed by atoms with Gasteiger partial charge >= 0.3 is 5.97 Å². The van der Waals surface area contributed by atoms with Gasteiger partial charge in [-0.2, -0.15) is 0 Å². The number of nitrogens with one attached hydrogen (secondary N) is 3. The van der Waals surface area contributed by atoms with Gasteiger partial charge in [0.05, 0.1) is 42.7 Å². The average molecular weight is 856 g/mol. The summed E-state index contributed by atoms with van der Waals surface area (Å²) in [5, 5.41) is 15.5. The molecular weight excluding hydrogens is 783 g/mol. The first-order valence-corrected chi connectivity index (χ1v) is 21.8. The van der Waals surface area contributed by atoms with E-state index < -0.39 is 77.9 Å². The Morgan fingerprint density at radius 1 is 0.951 bits per heavy atom. The SMILES string of the molecule is CC[C@H](C)[C@@H]([C@@H](CC(=O)N1CCC[C@H]1C(OC)[C@@H](C)C(=O)N[C@@H](Cc1c[nH]c2ccccc12)C(N)=O)OC)N(C)[C@H](C(=O)NC(=O)[C@H](C(C)C)N(C)CCCC(=O)O)C(C)C. The molecule has 2 heterocycles. The maximum Gasteiger partial charge on any atom is 0.303 e. The molecule has 1 aromatic carbocycles. The Morgan fingerprint density at radius 2 is 1.59 bits per heavy atom. The lowest BCUT2D eigenvalue weighted by molar-refractivity contribution is -0.144. The van der Waals surface area contributed by atoms with Gasteiger partial charge in [-0.3, -0.25) is 43.9 Å². The number of hydrogen-bond donors (Lipinski definition) is 5. The number of aliphatic carboxylic acids is 1. The average Bonchev–Trinajstić information content (AvgIpc) is 3.84. The number of imide groups is 1. The number of likely N-dealkylation sites (tertiary alicyclic amines) is 1. The summed E-state index contributed by atoms with van der Waals surface area (Å²) in [7, 11) is 6.66. The van der Waals surface area contributed by atoms with Crippen LogP contribution in [-0.4, -0.2) is 144 Å². The fourth-order valence-electron chi connectivity index (χ4n) is 9.28. The van der Waals surface area contributed by atoms with Crippen LogP contribution in [0.25, 0.3) is 10.9 Å². The maximum absolute atomic E-state index is 14.4. The van der Waals surface area contributed by atoms with Crippen molar-refractivity contribution in [2.24, 2.45) is 29.4 Å². The molecule has 0 saturated carbocycles. The normalized spacial score (nSPS) is 18.5. The highest BCUT2D eigenvalue weighted by Gasteiger charge is 2.44. The minimum Gasteiger partial charge on any atom is -0.481 e. The number of nitrogens with two attached hydrogens (primary N) is 1. The maximum atomic E-state index is 14.4. The topological polar surface area (TPSA) is 217 Å². The number of carboxylic acids is 1. The van der Waals surface area contributed by atoms with Crippen LogP contribution in [0.15, 0.2) is 30.5 Å². The molecule has 6 N–H and O–H groups in total. The molecule has 61 heavy (non-hydrogen) atoms. The van der Waals surface area contributed by atoms with Gasteiger partial charge in [-0.15, -0.1) is 0 Å². The van der Waals surface area contributed by atoms with Crippen molar-refractivity contribution < 1.29 is 43.3 Å². The van der Waals surface area contributed by atoms with E-state index in [0.29, 0.717) is 32.4 Å². The van der Waals surface area contributed by atoms with Gasteiger partial charge in [0.25, 0.3) is 0 Å². The van der Waals surface area contributed by atoms with Gasteiger partial charge in [0.1, 0.15) is 6.04 Å². The predicted octanol–water partition coefficient (Wildman–Crippen LogP) is 3.56. The fourth-order valence-corrected chi connectivity index (χ4v) is 9.28. The summed E-state index contributed by atoms with van der Waals surface area (Å²) in [6.45, 7) is 14.2. The zero-order chi connectivity index (χ0) is 45.7. The van der Waals surface area contributed by atoms with Crippen LogP contribution >= 0.6 is 0 Å². The number of rotatable bonds is 25. The molecule has 1 unspecified atom stereocenters. The monoisotopic (exact) mass is 856 g/mol. The number of H-pyrrole nitrogens is 1. The molecule has 0 bridgehead atoms. The van der Waals surface area contributed by atoms with Gasteiger partial charge < -0.3 is 35.5 Å². The van der Waals surface area contributed by atoms with E-state index in [-0.39, 0.29) is 42.9 Å². The molecular formula is C45H73N7O9. The van der Waals surface area contributed by atoms with E-state index in [0.717, 1.165) is 22.9 Å². The van der Waals surface area contributed by atoms with Crippen molar-refractivity contribution in [1.82, 2.24) is 30.3 Å². The molecule has 3 rings (SSSR count). The largest absolute Gasteiger partial charge is 0.481 e. The molecule has 0 radical (unpaired) electrons. The van der Waals surface area contributed by atoms with Gasteiger partial charge in [0.15, 0.2) is 0 Å². The Bertz CT molecular complexity index is 1780. The number of carbonyl (C=O) groups is 6. The highest BCUT2D eigenvalue weighted by molar-refractivity contribution is 6.00. The third-order valence-corrected chi connectivity index (χ3v) is 12.6. The minimum absolute atomic E-state index is 0.000342. The van der Waals surface area contributed by atoms with E-state index in [1.807, 2.05) is 77.0 Å². The number of fused-ring (bicyclic) bond motifs is 1. The first kappa shape index (κ1) is 51.0. The van der Waals surface area contributed by atoms with Crippen LogP contribution in [0.5, 0.6) is 0 Å². The smallest absolute Gasteiger partial charge is 0.303 e. The fraction of sp³-hybridized carbons (Fsp3) is 0.689.